The third-order valence-corrected chi connectivity index (χ3v) is 2.61. The third-order valence-electron chi connectivity index (χ3n) is 2.61. The van der Waals surface area contributed by atoms with E-state index in [-0.39, 0.29) is 23.9 Å². The van der Waals surface area contributed by atoms with Crippen molar-refractivity contribution in [2.24, 2.45) is 15.2 Å². The Kier molecular flexibility index (Phi) is 3.07. The summed E-state index contributed by atoms with van der Waals surface area (Å²) in [5, 5.41) is 33.4. The number of aliphatic hydroxyl groups excluding tert-OH is 1. The molecular formula is C11H13N5O2. The van der Waals surface area contributed by atoms with Crippen molar-refractivity contribution in [3.8, 4) is 5.75 Å². The van der Waals surface area contributed by atoms with E-state index >= 15 is 0 Å². The molecule has 0 spiro atoms. The molecule has 1 aromatic rings. The molecule has 0 saturated heterocycles. The number of hydrogen-bond acceptors (Lipinski definition) is 6. The smallest absolute Gasteiger partial charge is 0.190 e. The molecule has 0 aromatic heterocycles. The lowest BCUT2D eigenvalue weighted by Crippen LogP contribution is -2.23. The van der Waals surface area contributed by atoms with Crippen molar-refractivity contribution in [3.63, 3.8) is 0 Å². The molecule has 7 nitrogen and oxygen atoms in total. The molecule has 7 heteroatoms. The van der Waals surface area contributed by atoms with E-state index in [9.17, 15) is 5.11 Å². The van der Waals surface area contributed by atoms with Gasteiger partial charge in [0.25, 0.3) is 0 Å². The summed E-state index contributed by atoms with van der Waals surface area (Å²) in [6, 6.07) is 2.39. The van der Waals surface area contributed by atoms with Gasteiger partial charge in [0.1, 0.15) is 17.5 Å². The van der Waals surface area contributed by atoms with Crippen LogP contribution in [0.4, 0.5) is 11.4 Å². The number of azo groups is 1. The molecule has 94 valence electrons. The molecule has 0 fully saturated rings. The number of nitrogens with two attached hydrogens (primary N) is 1. The molecule has 0 radical (unpaired) electrons. The summed E-state index contributed by atoms with van der Waals surface area (Å²) in [6.07, 6.45) is 0. The van der Waals surface area contributed by atoms with Crippen molar-refractivity contribution in [2.45, 2.75) is 13.0 Å². The zero-order valence-corrected chi connectivity index (χ0v) is 9.75. The van der Waals surface area contributed by atoms with Gasteiger partial charge in [-0.2, -0.15) is 5.11 Å². The largest absolute Gasteiger partial charge is 0.508 e. The summed E-state index contributed by atoms with van der Waals surface area (Å²) in [4.78, 5) is 4.20. The number of anilines is 1. The summed E-state index contributed by atoms with van der Waals surface area (Å²) in [6.45, 7) is 1.46. The molecule has 0 amide bonds. The fourth-order valence-electron chi connectivity index (χ4n) is 1.57. The van der Waals surface area contributed by atoms with E-state index in [0.717, 1.165) is 0 Å². The van der Waals surface area contributed by atoms with Crippen LogP contribution in [0.15, 0.2) is 27.4 Å². The Morgan fingerprint density at radius 1 is 1.50 bits per heavy atom. The molecule has 1 unspecified atom stereocenters. The van der Waals surface area contributed by atoms with Gasteiger partial charge in [-0.25, -0.2) is 4.99 Å². The predicted octanol–water partition coefficient (Wildman–Crippen LogP) is 1.16. The van der Waals surface area contributed by atoms with Gasteiger partial charge in [-0.3, -0.25) is 5.41 Å². The van der Waals surface area contributed by atoms with Gasteiger partial charge in [-0.15, -0.1) is 5.11 Å². The predicted molar refractivity (Wildman–Crippen MR) is 67.8 cm³/mol. The van der Waals surface area contributed by atoms with E-state index in [1.54, 1.807) is 13.0 Å². The molecule has 0 aliphatic carbocycles. The lowest BCUT2D eigenvalue weighted by Gasteiger charge is -2.07. The number of benzene rings is 1. The van der Waals surface area contributed by atoms with Crippen LogP contribution >= 0.6 is 0 Å². The monoisotopic (exact) mass is 247 g/mol. The second-order valence-electron chi connectivity index (χ2n) is 3.96. The van der Waals surface area contributed by atoms with E-state index in [1.807, 2.05) is 0 Å². The van der Waals surface area contributed by atoms with Gasteiger partial charge in [-0.1, -0.05) is 0 Å². The number of amidine groups is 1. The summed E-state index contributed by atoms with van der Waals surface area (Å²) >= 11 is 0. The number of phenolic OH excluding ortho intramolecular Hbond substituents is 1. The Morgan fingerprint density at radius 3 is 2.89 bits per heavy atom. The zero-order chi connectivity index (χ0) is 13.3. The molecular weight excluding hydrogens is 234 g/mol. The highest BCUT2D eigenvalue weighted by molar-refractivity contribution is 6.44. The van der Waals surface area contributed by atoms with Gasteiger partial charge >= 0.3 is 0 Å². The fourth-order valence-corrected chi connectivity index (χ4v) is 1.57. The molecule has 18 heavy (non-hydrogen) atoms. The second kappa shape index (κ2) is 4.53. The standard InChI is InChI=1S/C11H13N5O2/c1-5-2-7(6(12)3-9(5)18)14-10-8(4-17)15-16-11(10)13/h2-3,8,13,17-18H,4,12H2,1H3. The van der Waals surface area contributed by atoms with Crippen molar-refractivity contribution >= 4 is 22.9 Å². The lowest BCUT2D eigenvalue weighted by molar-refractivity contribution is 0.290. The van der Waals surface area contributed by atoms with Gasteiger partial charge in [0.15, 0.2) is 5.84 Å². The number of aliphatic imine (C=N–C) groups is 1. The average Bonchev–Trinajstić information content (AvgIpc) is 2.67. The summed E-state index contributed by atoms with van der Waals surface area (Å²) in [5.41, 5.74) is 7.36. The van der Waals surface area contributed by atoms with Gasteiger partial charge in [0.05, 0.1) is 18.0 Å². The van der Waals surface area contributed by atoms with Crippen LogP contribution in [0.1, 0.15) is 5.56 Å². The van der Waals surface area contributed by atoms with E-state index in [2.05, 4.69) is 15.2 Å². The molecule has 2 rings (SSSR count). The Hall–Kier alpha value is -2.28. The molecule has 1 heterocycles. The average molecular weight is 247 g/mol. The van der Waals surface area contributed by atoms with Crippen LogP contribution in [0, 0.1) is 12.3 Å². The molecule has 0 bridgehead atoms. The first kappa shape index (κ1) is 12.2. The summed E-state index contributed by atoms with van der Waals surface area (Å²) in [5.74, 6) is 0.00482. The van der Waals surface area contributed by atoms with Gasteiger partial charge in [-0.05, 0) is 18.6 Å². The van der Waals surface area contributed by atoms with E-state index < -0.39 is 6.04 Å². The number of phenols is 1. The lowest BCUT2D eigenvalue weighted by atomic mass is 10.1. The first-order chi connectivity index (χ1) is 8.52. The normalized spacial score (nSPS) is 20.9. The van der Waals surface area contributed by atoms with Crippen LogP contribution in [0.5, 0.6) is 5.75 Å². The minimum Gasteiger partial charge on any atom is -0.508 e. The Labute approximate surface area is 103 Å². The molecule has 1 aromatic carbocycles. The van der Waals surface area contributed by atoms with Crippen molar-refractivity contribution in [3.05, 3.63) is 17.7 Å². The quantitative estimate of drug-likeness (QED) is 0.585. The molecule has 1 aliphatic rings. The van der Waals surface area contributed by atoms with E-state index in [0.29, 0.717) is 16.9 Å². The molecule has 1 aliphatic heterocycles. The maximum atomic E-state index is 9.49. The minimum atomic E-state index is -0.619. The van der Waals surface area contributed by atoms with Crippen molar-refractivity contribution in [2.75, 3.05) is 12.3 Å². The number of hydrogen-bond donors (Lipinski definition) is 4. The highest BCUT2D eigenvalue weighted by atomic mass is 16.3. The van der Waals surface area contributed by atoms with Crippen LogP contribution in [0.3, 0.4) is 0 Å². The number of aromatic hydroxyl groups is 1. The first-order valence-corrected chi connectivity index (χ1v) is 5.31. The van der Waals surface area contributed by atoms with Crippen molar-refractivity contribution in [1.29, 1.82) is 5.41 Å². The van der Waals surface area contributed by atoms with Crippen LogP contribution in [0.25, 0.3) is 0 Å². The van der Waals surface area contributed by atoms with Crippen molar-refractivity contribution in [1.82, 2.24) is 0 Å². The summed E-state index contributed by atoms with van der Waals surface area (Å²) < 4.78 is 0. The molecule has 5 N–H and O–H groups in total. The van der Waals surface area contributed by atoms with Crippen LogP contribution in [0.2, 0.25) is 0 Å². The SMILES string of the molecule is Cc1cc(N=C2C(=N)N=NC2CO)c(N)cc1O. The maximum absolute atomic E-state index is 9.49. The minimum absolute atomic E-state index is 0.0841. The Balaban J connectivity index is 2.45. The van der Waals surface area contributed by atoms with Gasteiger partial charge in [0.2, 0.25) is 0 Å². The Bertz CT molecular complexity index is 565. The number of rotatable bonds is 2. The summed E-state index contributed by atoms with van der Waals surface area (Å²) in [7, 11) is 0. The van der Waals surface area contributed by atoms with Crippen LogP contribution < -0.4 is 5.73 Å². The van der Waals surface area contributed by atoms with E-state index in [4.69, 9.17) is 16.2 Å². The number of nitrogens with zero attached hydrogens (tertiary/aromatic N) is 3. The van der Waals surface area contributed by atoms with Crippen LogP contribution in [-0.2, 0) is 0 Å². The molecule has 1 atom stereocenters. The van der Waals surface area contributed by atoms with Gasteiger partial charge < -0.3 is 15.9 Å². The number of aliphatic hydroxyl groups is 1. The van der Waals surface area contributed by atoms with E-state index in [1.165, 1.54) is 6.07 Å². The fraction of sp³-hybridized carbons (Fsp3) is 0.273. The topological polar surface area (TPSA) is 127 Å². The third kappa shape index (κ3) is 2.07. The zero-order valence-electron chi connectivity index (χ0n) is 9.75. The molecule has 0 saturated carbocycles. The number of nitrogens with one attached hydrogen (secondary N) is 1. The maximum Gasteiger partial charge on any atom is 0.190 e. The van der Waals surface area contributed by atoms with Crippen LogP contribution in [-0.4, -0.2) is 34.4 Å². The highest BCUT2D eigenvalue weighted by Crippen LogP contribution is 2.30. The van der Waals surface area contributed by atoms with Gasteiger partial charge in [0, 0.05) is 6.07 Å². The second-order valence-corrected chi connectivity index (χ2v) is 3.96. The number of nitrogen functional groups attached to an aromatic ring is 1. The first-order valence-electron chi connectivity index (χ1n) is 5.31. The number of aryl methyl sites for hydroxylation is 1. The van der Waals surface area contributed by atoms with Crippen molar-refractivity contribution < 1.29 is 10.2 Å². The highest BCUT2D eigenvalue weighted by Gasteiger charge is 2.25. The Morgan fingerprint density at radius 2 is 2.22 bits per heavy atom.